The summed E-state index contributed by atoms with van der Waals surface area (Å²) in [5, 5.41) is 0.372. The maximum atomic E-state index is 13.3. The zero-order valence-corrected chi connectivity index (χ0v) is 13.3. The molecule has 3 rings (SSSR count). The van der Waals surface area contributed by atoms with E-state index in [1.165, 1.54) is 22.8 Å². The van der Waals surface area contributed by atoms with Crippen molar-refractivity contribution in [3.8, 4) is 5.69 Å². The number of aryl methyl sites for hydroxylation is 2. The van der Waals surface area contributed by atoms with Gasteiger partial charge in [0.1, 0.15) is 11.5 Å². The van der Waals surface area contributed by atoms with Crippen LogP contribution in [0.5, 0.6) is 0 Å². The predicted molar refractivity (Wildman–Crippen MR) is 87.0 cm³/mol. The van der Waals surface area contributed by atoms with Gasteiger partial charge in [0.25, 0.3) is 5.56 Å². The van der Waals surface area contributed by atoms with E-state index in [-0.39, 0.29) is 15.4 Å². The molecule has 0 fully saturated rings. The highest BCUT2D eigenvalue weighted by Gasteiger charge is 2.12. The molecule has 0 aliphatic heterocycles. The van der Waals surface area contributed by atoms with Crippen LogP contribution < -0.4 is 5.56 Å². The van der Waals surface area contributed by atoms with Crippen LogP contribution in [0, 0.1) is 24.4 Å². The first-order valence-corrected chi connectivity index (χ1v) is 7.26. The van der Waals surface area contributed by atoms with Crippen LogP contribution in [0.2, 0.25) is 5.02 Å². The van der Waals surface area contributed by atoms with Crippen molar-refractivity contribution in [1.82, 2.24) is 14.5 Å². The first-order chi connectivity index (χ1) is 10.4. The van der Waals surface area contributed by atoms with E-state index in [9.17, 15) is 9.18 Å². The molecule has 0 aliphatic rings. The number of aromatic amines is 1. The van der Waals surface area contributed by atoms with Crippen molar-refractivity contribution >= 4 is 34.9 Å². The number of halogens is 2. The number of nitrogens with zero attached hydrogens (tertiary/aromatic N) is 2. The van der Waals surface area contributed by atoms with Gasteiger partial charge in [0, 0.05) is 5.69 Å². The average molecular weight is 336 g/mol. The largest absolute Gasteiger partial charge is 0.316 e. The zero-order valence-electron chi connectivity index (χ0n) is 11.8. The molecule has 2 aromatic heterocycles. The number of hydrogen-bond acceptors (Lipinski definition) is 3. The highest BCUT2D eigenvalue weighted by atomic mass is 35.5. The Morgan fingerprint density at radius 3 is 2.73 bits per heavy atom. The third-order valence-corrected chi connectivity index (χ3v) is 3.93. The molecular formula is C15H11ClFN3OS. The highest BCUT2D eigenvalue weighted by Crippen LogP contribution is 2.19. The number of aromatic nitrogens is 3. The van der Waals surface area contributed by atoms with Crippen LogP contribution in [0.1, 0.15) is 11.3 Å². The SMILES string of the molecule is Cc1cc(C)c2c(=O)n(-c3ccc(F)c(Cl)c3)c(=S)[nH]c2n1. The maximum absolute atomic E-state index is 13.3. The van der Waals surface area contributed by atoms with E-state index in [0.29, 0.717) is 16.7 Å². The highest BCUT2D eigenvalue weighted by molar-refractivity contribution is 7.71. The summed E-state index contributed by atoms with van der Waals surface area (Å²) >= 11 is 11.0. The first-order valence-electron chi connectivity index (χ1n) is 6.47. The molecule has 1 aromatic carbocycles. The monoisotopic (exact) mass is 335 g/mol. The fourth-order valence-electron chi connectivity index (χ4n) is 2.42. The van der Waals surface area contributed by atoms with Gasteiger partial charge in [-0.15, -0.1) is 0 Å². The Bertz CT molecular complexity index is 1030. The van der Waals surface area contributed by atoms with Crippen molar-refractivity contribution in [1.29, 1.82) is 0 Å². The van der Waals surface area contributed by atoms with E-state index in [4.69, 9.17) is 23.8 Å². The Balaban J connectivity index is 2.43. The number of H-pyrrole nitrogens is 1. The molecule has 0 unspecified atom stereocenters. The minimum atomic E-state index is -0.553. The lowest BCUT2D eigenvalue weighted by molar-refractivity contribution is 0.627. The molecule has 0 saturated carbocycles. The van der Waals surface area contributed by atoms with Crippen LogP contribution in [0.15, 0.2) is 29.1 Å². The minimum absolute atomic E-state index is 0.0716. The summed E-state index contributed by atoms with van der Waals surface area (Å²) in [6.45, 7) is 3.67. The molecule has 0 aliphatic carbocycles. The quantitative estimate of drug-likeness (QED) is 0.687. The zero-order chi connectivity index (χ0) is 16.0. The second-order valence-electron chi connectivity index (χ2n) is 4.97. The Morgan fingerprint density at radius 1 is 1.32 bits per heavy atom. The van der Waals surface area contributed by atoms with Gasteiger partial charge in [-0.05, 0) is 55.9 Å². The van der Waals surface area contributed by atoms with Gasteiger partial charge in [0.15, 0.2) is 4.77 Å². The molecule has 22 heavy (non-hydrogen) atoms. The van der Waals surface area contributed by atoms with Gasteiger partial charge in [-0.25, -0.2) is 9.37 Å². The molecule has 0 bridgehead atoms. The predicted octanol–water partition coefficient (Wildman–Crippen LogP) is 3.85. The van der Waals surface area contributed by atoms with Crippen molar-refractivity contribution in [2.75, 3.05) is 0 Å². The Kier molecular flexibility index (Phi) is 3.58. The molecule has 0 saturated heterocycles. The van der Waals surface area contributed by atoms with Gasteiger partial charge in [-0.2, -0.15) is 0 Å². The summed E-state index contributed by atoms with van der Waals surface area (Å²) in [4.78, 5) is 20.0. The minimum Gasteiger partial charge on any atom is -0.316 e. The lowest BCUT2D eigenvalue weighted by Gasteiger charge is -2.10. The maximum Gasteiger partial charge on any atom is 0.268 e. The van der Waals surface area contributed by atoms with Gasteiger partial charge in [-0.3, -0.25) is 9.36 Å². The first kappa shape index (κ1) is 14.9. The fourth-order valence-corrected chi connectivity index (χ4v) is 2.88. The number of nitrogens with one attached hydrogen (secondary N) is 1. The molecule has 0 spiro atoms. The number of benzene rings is 1. The van der Waals surface area contributed by atoms with Crippen LogP contribution >= 0.6 is 23.8 Å². The molecule has 7 heteroatoms. The summed E-state index contributed by atoms with van der Waals surface area (Å²) in [6, 6.07) is 5.84. The summed E-state index contributed by atoms with van der Waals surface area (Å²) in [5.74, 6) is -0.553. The summed E-state index contributed by atoms with van der Waals surface area (Å²) in [5.41, 5.74) is 2.11. The normalized spacial score (nSPS) is 11.1. The smallest absolute Gasteiger partial charge is 0.268 e. The molecule has 0 amide bonds. The lowest BCUT2D eigenvalue weighted by atomic mass is 10.2. The average Bonchev–Trinajstić information content (AvgIpc) is 2.41. The van der Waals surface area contributed by atoms with Crippen molar-refractivity contribution in [2.24, 2.45) is 0 Å². The number of pyridine rings is 1. The van der Waals surface area contributed by atoms with Crippen LogP contribution in [0.25, 0.3) is 16.7 Å². The summed E-state index contributed by atoms with van der Waals surface area (Å²) in [7, 11) is 0. The van der Waals surface area contributed by atoms with E-state index >= 15 is 0 Å². The third-order valence-electron chi connectivity index (χ3n) is 3.35. The van der Waals surface area contributed by atoms with E-state index in [2.05, 4.69) is 9.97 Å². The Labute approximate surface area is 135 Å². The number of hydrogen-bond donors (Lipinski definition) is 1. The Hall–Kier alpha value is -2.05. The van der Waals surface area contributed by atoms with Crippen LogP contribution in [-0.2, 0) is 0 Å². The second-order valence-corrected chi connectivity index (χ2v) is 5.77. The van der Waals surface area contributed by atoms with Crippen LogP contribution in [0.4, 0.5) is 4.39 Å². The lowest BCUT2D eigenvalue weighted by Crippen LogP contribution is -2.22. The molecule has 3 aromatic rings. The fraction of sp³-hybridized carbons (Fsp3) is 0.133. The van der Waals surface area contributed by atoms with E-state index in [0.717, 1.165) is 11.3 Å². The Morgan fingerprint density at radius 2 is 2.05 bits per heavy atom. The van der Waals surface area contributed by atoms with E-state index in [1.54, 1.807) is 0 Å². The number of fused-ring (bicyclic) bond motifs is 1. The second kappa shape index (κ2) is 5.30. The van der Waals surface area contributed by atoms with Gasteiger partial charge >= 0.3 is 0 Å². The number of rotatable bonds is 1. The standard InChI is InChI=1S/C15H11ClFN3OS/c1-7-5-8(2)18-13-12(7)14(21)20(15(22)19-13)9-3-4-11(17)10(16)6-9/h3-6H,1-2H3,(H,18,19,22). The summed E-state index contributed by atoms with van der Waals surface area (Å²) < 4.78 is 14.8. The molecule has 0 atom stereocenters. The van der Waals surface area contributed by atoms with Crippen LogP contribution in [0.3, 0.4) is 0 Å². The van der Waals surface area contributed by atoms with E-state index < -0.39 is 5.82 Å². The van der Waals surface area contributed by atoms with Crippen molar-refractivity contribution in [3.05, 3.63) is 61.5 Å². The molecule has 1 N–H and O–H groups in total. The van der Waals surface area contributed by atoms with Gasteiger partial charge < -0.3 is 4.98 Å². The molecule has 2 heterocycles. The van der Waals surface area contributed by atoms with Gasteiger partial charge in [-0.1, -0.05) is 11.6 Å². The van der Waals surface area contributed by atoms with Crippen molar-refractivity contribution < 1.29 is 4.39 Å². The topological polar surface area (TPSA) is 50.7 Å². The molecule has 0 radical (unpaired) electrons. The van der Waals surface area contributed by atoms with E-state index in [1.807, 2.05) is 19.9 Å². The molecule has 112 valence electrons. The molecular weight excluding hydrogens is 325 g/mol. The van der Waals surface area contributed by atoms with Crippen molar-refractivity contribution in [3.63, 3.8) is 0 Å². The third kappa shape index (κ3) is 2.34. The van der Waals surface area contributed by atoms with Crippen LogP contribution in [-0.4, -0.2) is 14.5 Å². The van der Waals surface area contributed by atoms with Crippen molar-refractivity contribution in [2.45, 2.75) is 13.8 Å². The molecule has 4 nitrogen and oxygen atoms in total. The van der Waals surface area contributed by atoms with Gasteiger partial charge in [0.2, 0.25) is 0 Å². The summed E-state index contributed by atoms with van der Waals surface area (Å²) in [6.07, 6.45) is 0. The van der Waals surface area contributed by atoms with Gasteiger partial charge in [0.05, 0.1) is 16.1 Å².